The Balaban J connectivity index is 1.97. The van der Waals surface area contributed by atoms with Crippen molar-refractivity contribution in [2.45, 2.75) is 45.6 Å². The molecule has 1 aliphatic heterocycles. The van der Waals surface area contributed by atoms with Gasteiger partial charge in [0.15, 0.2) is 0 Å². The number of carbonyl (C=O) groups excluding carboxylic acids is 1. The van der Waals surface area contributed by atoms with Crippen molar-refractivity contribution in [3.8, 4) is 5.75 Å². The van der Waals surface area contributed by atoms with Crippen LogP contribution in [0.2, 0.25) is 5.02 Å². The molecule has 5 heteroatoms. The van der Waals surface area contributed by atoms with Gasteiger partial charge < -0.3 is 10.1 Å². The lowest BCUT2D eigenvalue weighted by Gasteiger charge is -2.45. The Morgan fingerprint density at radius 2 is 2.08 bits per heavy atom. The number of urea groups is 1. The van der Waals surface area contributed by atoms with Gasteiger partial charge in [0.1, 0.15) is 5.75 Å². The first kappa shape index (κ1) is 18.6. The number of benzene rings is 2. The summed E-state index contributed by atoms with van der Waals surface area (Å²) < 4.78 is 5.64. The molecule has 1 atom stereocenters. The second-order valence-corrected chi connectivity index (χ2v) is 7.78. The smallest absolute Gasteiger partial charge is 0.326 e. The van der Waals surface area contributed by atoms with Gasteiger partial charge in [-0.25, -0.2) is 4.79 Å². The summed E-state index contributed by atoms with van der Waals surface area (Å²) in [5.41, 5.74) is 2.44. The molecule has 1 aliphatic rings. The van der Waals surface area contributed by atoms with E-state index < -0.39 is 0 Å². The summed E-state index contributed by atoms with van der Waals surface area (Å²) in [6.45, 7) is 8.98. The van der Waals surface area contributed by atoms with Crippen molar-refractivity contribution in [2.75, 3.05) is 16.8 Å². The maximum absolute atomic E-state index is 13.1. The van der Waals surface area contributed by atoms with E-state index >= 15 is 0 Å². The zero-order valence-electron chi connectivity index (χ0n) is 15.7. The van der Waals surface area contributed by atoms with Gasteiger partial charge in [-0.05, 0) is 75.1 Å². The number of nitrogens with zero attached hydrogens (tertiary/aromatic N) is 1. The molecule has 0 aliphatic carbocycles. The molecule has 0 saturated carbocycles. The van der Waals surface area contributed by atoms with Gasteiger partial charge in [0.05, 0.1) is 6.61 Å². The molecule has 26 heavy (non-hydrogen) atoms. The summed E-state index contributed by atoms with van der Waals surface area (Å²) in [6.07, 6.45) is 0.874. The van der Waals surface area contributed by atoms with Crippen LogP contribution in [0.4, 0.5) is 16.2 Å². The van der Waals surface area contributed by atoms with Crippen LogP contribution in [0.25, 0.3) is 0 Å². The predicted octanol–water partition coefficient (Wildman–Crippen LogP) is 6.06. The highest BCUT2D eigenvalue weighted by Gasteiger charge is 2.40. The Bertz CT molecular complexity index is 819. The fourth-order valence-corrected chi connectivity index (χ4v) is 3.98. The summed E-state index contributed by atoms with van der Waals surface area (Å²) in [5.74, 6) is 1.18. The van der Waals surface area contributed by atoms with Crippen molar-refractivity contribution in [3.05, 3.63) is 53.1 Å². The van der Waals surface area contributed by atoms with Crippen LogP contribution < -0.4 is 15.0 Å². The summed E-state index contributed by atoms with van der Waals surface area (Å²) in [4.78, 5) is 15.0. The van der Waals surface area contributed by atoms with Crippen LogP contribution >= 0.6 is 11.6 Å². The van der Waals surface area contributed by atoms with Crippen molar-refractivity contribution >= 4 is 29.0 Å². The highest BCUT2D eigenvalue weighted by molar-refractivity contribution is 6.30. The number of hydrogen-bond acceptors (Lipinski definition) is 2. The first-order valence-electron chi connectivity index (χ1n) is 8.95. The quantitative estimate of drug-likeness (QED) is 0.711. The van der Waals surface area contributed by atoms with Crippen molar-refractivity contribution < 1.29 is 9.53 Å². The molecule has 0 radical (unpaired) electrons. The van der Waals surface area contributed by atoms with Crippen molar-refractivity contribution in [3.63, 3.8) is 0 Å². The number of carbonyl (C=O) groups is 1. The van der Waals surface area contributed by atoms with Gasteiger partial charge >= 0.3 is 6.03 Å². The van der Waals surface area contributed by atoms with Crippen LogP contribution in [0.3, 0.4) is 0 Å². The standard InChI is InChI=1S/C21H25ClN2O2/c1-5-26-17-9-10-19-18(12-17)14(2)13-21(3,4)24(19)20(25)23-16-8-6-7-15(22)11-16/h6-12,14H,5,13H2,1-4H3,(H,23,25). The number of halogens is 1. The van der Waals surface area contributed by atoms with E-state index in [0.717, 1.165) is 23.4 Å². The molecule has 0 fully saturated rings. The molecular weight excluding hydrogens is 348 g/mol. The number of hydrogen-bond donors (Lipinski definition) is 1. The zero-order valence-corrected chi connectivity index (χ0v) is 16.4. The maximum atomic E-state index is 13.1. The molecule has 1 heterocycles. The minimum atomic E-state index is -0.303. The van der Waals surface area contributed by atoms with Gasteiger partial charge in [0, 0.05) is 21.9 Å². The predicted molar refractivity (Wildman–Crippen MR) is 108 cm³/mol. The van der Waals surface area contributed by atoms with E-state index in [2.05, 4.69) is 32.2 Å². The number of ether oxygens (including phenoxy) is 1. The van der Waals surface area contributed by atoms with Crippen LogP contribution in [-0.4, -0.2) is 18.2 Å². The molecule has 2 aromatic carbocycles. The monoisotopic (exact) mass is 372 g/mol. The molecule has 0 aromatic heterocycles. The Labute approximate surface area is 160 Å². The first-order chi connectivity index (χ1) is 12.3. The third-order valence-corrected chi connectivity index (χ3v) is 5.01. The van der Waals surface area contributed by atoms with Crippen LogP contribution in [0.15, 0.2) is 42.5 Å². The number of fused-ring (bicyclic) bond motifs is 1. The second kappa shape index (κ2) is 7.20. The summed E-state index contributed by atoms with van der Waals surface area (Å²) in [7, 11) is 0. The van der Waals surface area contributed by atoms with E-state index in [9.17, 15) is 4.79 Å². The largest absolute Gasteiger partial charge is 0.494 e. The lowest BCUT2D eigenvalue weighted by molar-refractivity contribution is 0.247. The Morgan fingerprint density at radius 1 is 1.31 bits per heavy atom. The molecule has 4 nitrogen and oxygen atoms in total. The highest BCUT2D eigenvalue weighted by atomic mass is 35.5. The molecule has 3 rings (SSSR count). The molecule has 2 amide bonds. The van der Waals surface area contributed by atoms with E-state index in [-0.39, 0.29) is 11.6 Å². The Hall–Kier alpha value is -2.20. The average molecular weight is 373 g/mol. The van der Waals surface area contributed by atoms with Crippen LogP contribution in [0.1, 0.15) is 45.6 Å². The van der Waals surface area contributed by atoms with Gasteiger partial charge in [-0.3, -0.25) is 4.90 Å². The van der Waals surface area contributed by atoms with E-state index in [1.165, 1.54) is 0 Å². The minimum absolute atomic E-state index is 0.158. The fourth-order valence-electron chi connectivity index (χ4n) is 3.79. The molecule has 1 N–H and O–H groups in total. The van der Waals surface area contributed by atoms with E-state index in [1.807, 2.05) is 36.1 Å². The van der Waals surface area contributed by atoms with Crippen molar-refractivity contribution in [1.82, 2.24) is 0 Å². The molecule has 0 spiro atoms. The number of anilines is 2. The van der Waals surface area contributed by atoms with Gasteiger partial charge in [-0.1, -0.05) is 24.6 Å². The lowest BCUT2D eigenvalue weighted by Crippen LogP contribution is -2.53. The third-order valence-electron chi connectivity index (χ3n) is 4.77. The van der Waals surface area contributed by atoms with Gasteiger partial charge in [0.25, 0.3) is 0 Å². The molecular formula is C21H25ClN2O2. The van der Waals surface area contributed by atoms with Crippen molar-refractivity contribution in [2.24, 2.45) is 0 Å². The number of nitrogens with one attached hydrogen (secondary N) is 1. The summed E-state index contributed by atoms with van der Waals surface area (Å²) in [6, 6.07) is 13.0. The van der Waals surface area contributed by atoms with Crippen LogP contribution in [-0.2, 0) is 0 Å². The third kappa shape index (κ3) is 3.65. The van der Waals surface area contributed by atoms with E-state index in [4.69, 9.17) is 16.3 Å². The average Bonchev–Trinajstić information content (AvgIpc) is 2.55. The Morgan fingerprint density at radius 3 is 2.77 bits per heavy atom. The maximum Gasteiger partial charge on any atom is 0.326 e. The molecule has 0 bridgehead atoms. The molecule has 1 unspecified atom stereocenters. The summed E-state index contributed by atoms with van der Waals surface area (Å²) in [5, 5.41) is 3.57. The first-order valence-corrected chi connectivity index (χ1v) is 9.33. The Kier molecular flexibility index (Phi) is 5.15. The molecule has 0 saturated heterocycles. The van der Waals surface area contributed by atoms with E-state index in [0.29, 0.717) is 23.2 Å². The number of rotatable bonds is 3. The highest BCUT2D eigenvalue weighted by Crippen LogP contribution is 2.44. The minimum Gasteiger partial charge on any atom is -0.494 e. The summed E-state index contributed by atoms with van der Waals surface area (Å²) >= 11 is 6.04. The van der Waals surface area contributed by atoms with Crippen LogP contribution in [0.5, 0.6) is 5.75 Å². The van der Waals surface area contributed by atoms with Gasteiger partial charge in [-0.15, -0.1) is 0 Å². The topological polar surface area (TPSA) is 41.6 Å². The zero-order chi connectivity index (χ0) is 18.9. The van der Waals surface area contributed by atoms with Crippen molar-refractivity contribution in [1.29, 1.82) is 0 Å². The number of amides is 2. The normalized spacial score (nSPS) is 18.2. The van der Waals surface area contributed by atoms with E-state index in [1.54, 1.807) is 12.1 Å². The lowest BCUT2D eigenvalue weighted by atomic mass is 9.80. The molecule has 138 valence electrons. The molecule has 2 aromatic rings. The van der Waals surface area contributed by atoms with Gasteiger partial charge in [0.2, 0.25) is 0 Å². The van der Waals surface area contributed by atoms with Gasteiger partial charge in [-0.2, -0.15) is 0 Å². The second-order valence-electron chi connectivity index (χ2n) is 7.35. The van der Waals surface area contributed by atoms with Crippen LogP contribution in [0, 0.1) is 0 Å². The fraction of sp³-hybridized carbons (Fsp3) is 0.381. The SMILES string of the molecule is CCOc1ccc2c(c1)C(C)CC(C)(C)N2C(=O)Nc1cccc(Cl)c1.